The van der Waals surface area contributed by atoms with Crippen LogP contribution in [0, 0.1) is 0 Å². The van der Waals surface area contributed by atoms with Crippen molar-refractivity contribution in [3.05, 3.63) is 11.9 Å². The molecule has 2 atom stereocenters. The minimum atomic E-state index is 0.563. The molecule has 0 aliphatic heterocycles. The SMILES string of the molecule is CCCc1nc(NC)cc(NC2CCC(SCC)C2)n1. The van der Waals surface area contributed by atoms with Crippen LogP contribution in [0.4, 0.5) is 11.6 Å². The molecular weight excluding hydrogens is 268 g/mol. The van der Waals surface area contributed by atoms with Crippen molar-refractivity contribution in [2.75, 3.05) is 23.4 Å². The zero-order valence-corrected chi connectivity index (χ0v) is 13.6. The van der Waals surface area contributed by atoms with Gasteiger partial charge in [-0.05, 0) is 31.4 Å². The van der Waals surface area contributed by atoms with Crippen molar-refractivity contribution in [1.29, 1.82) is 0 Å². The second kappa shape index (κ2) is 7.72. The number of nitrogens with zero attached hydrogens (tertiary/aromatic N) is 2. The van der Waals surface area contributed by atoms with Gasteiger partial charge >= 0.3 is 0 Å². The zero-order chi connectivity index (χ0) is 14.4. The van der Waals surface area contributed by atoms with Crippen molar-refractivity contribution in [3.63, 3.8) is 0 Å². The van der Waals surface area contributed by atoms with Gasteiger partial charge in [-0.1, -0.05) is 13.8 Å². The Hall–Kier alpha value is -0.970. The van der Waals surface area contributed by atoms with Crippen LogP contribution in [0.1, 0.15) is 45.4 Å². The van der Waals surface area contributed by atoms with E-state index in [2.05, 4.69) is 46.2 Å². The van der Waals surface area contributed by atoms with Gasteiger partial charge in [-0.3, -0.25) is 0 Å². The highest BCUT2D eigenvalue weighted by molar-refractivity contribution is 7.99. The van der Waals surface area contributed by atoms with Crippen LogP contribution in [0.2, 0.25) is 0 Å². The molecule has 5 heteroatoms. The summed E-state index contributed by atoms with van der Waals surface area (Å²) in [5, 5.41) is 7.54. The Balaban J connectivity index is 1.99. The Kier molecular flexibility index (Phi) is 5.95. The van der Waals surface area contributed by atoms with E-state index in [1.54, 1.807) is 0 Å². The number of hydrogen-bond donors (Lipinski definition) is 2. The molecule has 2 unspecified atom stereocenters. The lowest BCUT2D eigenvalue weighted by molar-refractivity contribution is 0.746. The highest BCUT2D eigenvalue weighted by Crippen LogP contribution is 2.31. The number of rotatable bonds is 7. The van der Waals surface area contributed by atoms with Crippen LogP contribution in [-0.2, 0) is 6.42 Å². The molecule has 112 valence electrons. The minimum Gasteiger partial charge on any atom is -0.373 e. The Morgan fingerprint density at radius 2 is 2.05 bits per heavy atom. The lowest BCUT2D eigenvalue weighted by Gasteiger charge is -2.15. The Morgan fingerprint density at radius 1 is 1.25 bits per heavy atom. The highest BCUT2D eigenvalue weighted by Gasteiger charge is 2.24. The highest BCUT2D eigenvalue weighted by atomic mass is 32.2. The molecule has 2 rings (SSSR count). The predicted octanol–water partition coefficient (Wildman–Crippen LogP) is 3.56. The van der Waals surface area contributed by atoms with E-state index in [0.717, 1.165) is 35.6 Å². The molecular formula is C15H26N4S. The quantitative estimate of drug-likeness (QED) is 0.805. The van der Waals surface area contributed by atoms with Crippen LogP contribution in [0.5, 0.6) is 0 Å². The van der Waals surface area contributed by atoms with E-state index in [0.29, 0.717) is 6.04 Å². The van der Waals surface area contributed by atoms with Crippen molar-refractivity contribution in [2.45, 2.75) is 57.2 Å². The second-order valence-electron chi connectivity index (χ2n) is 5.29. The summed E-state index contributed by atoms with van der Waals surface area (Å²) in [5.74, 6) is 4.03. The third kappa shape index (κ3) is 4.27. The summed E-state index contributed by atoms with van der Waals surface area (Å²) >= 11 is 2.09. The van der Waals surface area contributed by atoms with Crippen molar-refractivity contribution in [1.82, 2.24) is 9.97 Å². The van der Waals surface area contributed by atoms with Crippen molar-refractivity contribution in [2.24, 2.45) is 0 Å². The molecule has 20 heavy (non-hydrogen) atoms. The Morgan fingerprint density at radius 3 is 2.75 bits per heavy atom. The molecule has 0 radical (unpaired) electrons. The smallest absolute Gasteiger partial charge is 0.133 e. The number of aromatic nitrogens is 2. The summed E-state index contributed by atoms with van der Waals surface area (Å²) in [4.78, 5) is 9.13. The molecule has 0 spiro atoms. The van der Waals surface area contributed by atoms with Crippen LogP contribution < -0.4 is 10.6 Å². The minimum absolute atomic E-state index is 0.563. The van der Waals surface area contributed by atoms with Crippen molar-refractivity contribution < 1.29 is 0 Å². The summed E-state index contributed by atoms with van der Waals surface area (Å²) in [5.41, 5.74) is 0. The molecule has 0 bridgehead atoms. The first-order chi connectivity index (χ1) is 9.75. The third-order valence-corrected chi connectivity index (χ3v) is 4.87. The molecule has 1 aromatic rings. The van der Waals surface area contributed by atoms with Crippen LogP contribution >= 0.6 is 11.8 Å². The standard InChI is InChI=1S/C15H26N4S/c1-4-6-13-18-14(16-3)10-15(19-13)17-11-7-8-12(9-11)20-5-2/h10-12H,4-9H2,1-3H3,(H2,16,17,18,19). The zero-order valence-electron chi connectivity index (χ0n) is 12.8. The molecule has 1 heterocycles. The normalized spacial score (nSPS) is 21.9. The molecule has 4 nitrogen and oxygen atoms in total. The fourth-order valence-corrected chi connectivity index (χ4v) is 3.84. The average molecular weight is 294 g/mol. The molecule has 1 aromatic heterocycles. The molecule has 0 amide bonds. The van der Waals surface area contributed by atoms with Crippen LogP contribution in [0.15, 0.2) is 6.07 Å². The van der Waals surface area contributed by atoms with Gasteiger partial charge in [0.05, 0.1) is 0 Å². The molecule has 1 aliphatic rings. The number of aryl methyl sites for hydroxylation is 1. The van der Waals surface area contributed by atoms with Crippen molar-refractivity contribution in [3.8, 4) is 0 Å². The summed E-state index contributed by atoms with van der Waals surface area (Å²) in [6, 6.07) is 2.58. The maximum absolute atomic E-state index is 4.64. The lowest BCUT2D eigenvalue weighted by atomic mass is 10.2. The van der Waals surface area contributed by atoms with Gasteiger partial charge in [0.15, 0.2) is 0 Å². The van der Waals surface area contributed by atoms with Crippen LogP contribution in [-0.4, -0.2) is 34.1 Å². The number of nitrogens with one attached hydrogen (secondary N) is 2. The second-order valence-corrected chi connectivity index (χ2v) is 6.86. The lowest BCUT2D eigenvalue weighted by Crippen LogP contribution is -2.18. The molecule has 0 saturated heterocycles. The van der Waals surface area contributed by atoms with Gasteiger partial charge in [-0.25, -0.2) is 9.97 Å². The van der Waals surface area contributed by atoms with E-state index in [9.17, 15) is 0 Å². The van der Waals surface area contributed by atoms with Gasteiger partial charge in [-0.15, -0.1) is 0 Å². The maximum Gasteiger partial charge on any atom is 0.133 e. The monoisotopic (exact) mass is 294 g/mol. The first kappa shape index (κ1) is 15.4. The average Bonchev–Trinajstić information content (AvgIpc) is 2.86. The maximum atomic E-state index is 4.64. The summed E-state index contributed by atoms with van der Waals surface area (Å²) < 4.78 is 0. The van der Waals surface area contributed by atoms with Crippen LogP contribution in [0.25, 0.3) is 0 Å². The number of thioether (sulfide) groups is 1. The summed E-state index contributed by atoms with van der Waals surface area (Å²) in [6.07, 6.45) is 5.83. The largest absolute Gasteiger partial charge is 0.373 e. The van der Waals surface area contributed by atoms with Crippen LogP contribution in [0.3, 0.4) is 0 Å². The van der Waals surface area contributed by atoms with Crippen molar-refractivity contribution >= 4 is 23.4 Å². The van der Waals surface area contributed by atoms with Gasteiger partial charge in [0.1, 0.15) is 17.5 Å². The van der Waals surface area contributed by atoms with Gasteiger partial charge < -0.3 is 10.6 Å². The van der Waals surface area contributed by atoms with E-state index in [1.807, 2.05) is 13.1 Å². The fraction of sp³-hybridized carbons (Fsp3) is 0.733. The van der Waals surface area contributed by atoms with E-state index in [1.165, 1.54) is 25.0 Å². The van der Waals surface area contributed by atoms with E-state index >= 15 is 0 Å². The first-order valence-corrected chi connectivity index (χ1v) is 8.73. The summed E-state index contributed by atoms with van der Waals surface area (Å²) in [7, 11) is 1.91. The predicted molar refractivity (Wildman–Crippen MR) is 88.8 cm³/mol. The molecule has 0 aromatic carbocycles. The van der Waals surface area contributed by atoms with Gasteiger partial charge in [-0.2, -0.15) is 11.8 Å². The molecule has 1 saturated carbocycles. The number of hydrogen-bond acceptors (Lipinski definition) is 5. The van der Waals surface area contributed by atoms with Gasteiger partial charge in [0.25, 0.3) is 0 Å². The Bertz CT molecular complexity index is 424. The van der Waals surface area contributed by atoms with E-state index < -0.39 is 0 Å². The first-order valence-electron chi connectivity index (χ1n) is 7.69. The van der Waals surface area contributed by atoms with Gasteiger partial charge in [0.2, 0.25) is 0 Å². The fourth-order valence-electron chi connectivity index (χ4n) is 2.70. The Labute approximate surface area is 126 Å². The topological polar surface area (TPSA) is 49.8 Å². The number of anilines is 2. The third-order valence-electron chi connectivity index (χ3n) is 3.64. The van der Waals surface area contributed by atoms with Gasteiger partial charge in [0, 0.05) is 30.8 Å². The molecule has 1 aliphatic carbocycles. The molecule has 1 fully saturated rings. The van der Waals surface area contributed by atoms with E-state index in [-0.39, 0.29) is 0 Å². The van der Waals surface area contributed by atoms with E-state index in [4.69, 9.17) is 0 Å². The summed E-state index contributed by atoms with van der Waals surface area (Å²) in [6.45, 7) is 4.40. The molecule has 2 N–H and O–H groups in total.